The van der Waals surface area contributed by atoms with Crippen LogP contribution in [0.2, 0.25) is 5.02 Å². The largest absolute Gasteiger partial charge is 0.456 e. The lowest BCUT2D eigenvalue weighted by Crippen LogP contribution is -2.31. The molecule has 0 fully saturated rings. The Morgan fingerprint density at radius 3 is 2.25 bits per heavy atom. The van der Waals surface area contributed by atoms with Crippen LogP contribution in [0.4, 0.5) is 18.9 Å². The van der Waals surface area contributed by atoms with Crippen LogP contribution in [-0.2, 0) is 20.5 Å². The molecule has 2 aromatic rings. The van der Waals surface area contributed by atoms with E-state index in [0.29, 0.717) is 17.2 Å². The maximum atomic E-state index is 12.8. The van der Waals surface area contributed by atoms with E-state index in [1.165, 1.54) is 0 Å². The van der Waals surface area contributed by atoms with Crippen molar-refractivity contribution in [1.29, 1.82) is 0 Å². The van der Waals surface area contributed by atoms with Crippen molar-refractivity contribution in [2.24, 2.45) is 0 Å². The topological polar surface area (TPSA) is 92.8 Å². The van der Waals surface area contributed by atoms with Crippen LogP contribution in [-0.4, -0.2) is 41.7 Å². The Hall–Kier alpha value is -3.40. The second kappa shape index (κ2) is 9.39. The Balaban J connectivity index is 1.44. The standard InChI is InChI=1S/C21H16ClF3N2O5/c22-15-8-7-12(21(23,24)25)10-16(15)26-17(28)11-32-18(29)6-3-9-27-19(30)13-4-1-2-5-14(13)20(27)31/h1-2,4-5,7-8,10H,3,6,9,11H2,(H,26,28). The molecule has 168 valence electrons. The molecule has 0 saturated heterocycles. The number of carbonyl (C=O) groups is 4. The maximum Gasteiger partial charge on any atom is 0.416 e. The van der Waals surface area contributed by atoms with E-state index >= 15 is 0 Å². The summed E-state index contributed by atoms with van der Waals surface area (Å²) in [5.74, 6) is -2.54. The van der Waals surface area contributed by atoms with Gasteiger partial charge in [-0.05, 0) is 36.8 Å². The van der Waals surface area contributed by atoms with Crippen LogP contribution < -0.4 is 5.32 Å². The molecule has 0 radical (unpaired) electrons. The van der Waals surface area contributed by atoms with Gasteiger partial charge in [0.1, 0.15) is 0 Å². The molecular formula is C21H16ClF3N2O5. The fourth-order valence-corrected chi connectivity index (χ4v) is 3.19. The molecule has 0 spiro atoms. The summed E-state index contributed by atoms with van der Waals surface area (Å²) < 4.78 is 43.1. The molecule has 2 aromatic carbocycles. The zero-order valence-corrected chi connectivity index (χ0v) is 17.1. The molecule has 7 nitrogen and oxygen atoms in total. The summed E-state index contributed by atoms with van der Waals surface area (Å²) in [6, 6.07) is 8.80. The fourth-order valence-electron chi connectivity index (χ4n) is 3.03. The predicted molar refractivity (Wildman–Crippen MR) is 107 cm³/mol. The van der Waals surface area contributed by atoms with Gasteiger partial charge in [-0.25, -0.2) is 0 Å². The predicted octanol–water partition coefficient (Wildman–Crippen LogP) is 3.92. The zero-order valence-electron chi connectivity index (χ0n) is 16.4. The Kier molecular flexibility index (Phi) is 6.83. The van der Waals surface area contributed by atoms with E-state index < -0.39 is 42.0 Å². The van der Waals surface area contributed by atoms with Gasteiger partial charge in [0.2, 0.25) is 0 Å². The van der Waals surface area contributed by atoms with Crippen LogP contribution in [0.25, 0.3) is 0 Å². The second-order valence-electron chi connectivity index (χ2n) is 6.81. The van der Waals surface area contributed by atoms with E-state index in [9.17, 15) is 32.3 Å². The first-order valence-electron chi connectivity index (χ1n) is 9.35. The molecule has 1 aliphatic heterocycles. The number of ether oxygens (including phenoxy) is 1. The molecule has 3 rings (SSSR count). The molecule has 11 heteroatoms. The first-order chi connectivity index (χ1) is 15.1. The number of alkyl halides is 3. The minimum absolute atomic E-state index is 0.00646. The number of benzene rings is 2. The number of imide groups is 1. The lowest BCUT2D eigenvalue weighted by molar-refractivity contribution is -0.147. The fraction of sp³-hybridized carbons (Fsp3) is 0.238. The SMILES string of the molecule is O=C(COC(=O)CCCN1C(=O)c2ccccc2C1=O)Nc1cc(C(F)(F)F)ccc1Cl. The average Bonchev–Trinajstić information content (AvgIpc) is 2.98. The number of hydrogen-bond acceptors (Lipinski definition) is 5. The number of fused-ring (bicyclic) bond motifs is 1. The summed E-state index contributed by atoms with van der Waals surface area (Å²) in [7, 11) is 0. The molecule has 0 aliphatic carbocycles. The van der Waals surface area contributed by atoms with Crippen molar-refractivity contribution in [2.45, 2.75) is 19.0 Å². The smallest absolute Gasteiger partial charge is 0.416 e. The van der Waals surface area contributed by atoms with Gasteiger partial charge in [-0.15, -0.1) is 0 Å². The van der Waals surface area contributed by atoms with Gasteiger partial charge < -0.3 is 10.1 Å². The number of halogens is 4. The summed E-state index contributed by atoms with van der Waals surface area (Å²) in [6.45, 7) is -0.744. The highest BCUT2D eigenvalue weighted by Gasteiger charge is 2.34. The van der Waals surface area contributed by atoms with E-state index in [2.05, 4.69) is 5.32 Å². The zero-order chi connectivity index (χ0) is 23.5. The maximum absolute atomic E-state index is 12.8. The van der Waals surface area contributed by atoms with E-state index in [4.69, 9.17) is 16.3 Å². The van der Waals surface area contributed by atoms with Gasteiger partial charge in [0.15, 0.2) is 6.61 Å². The Morgan fingerprint density at radius 2 is 1.66 bits per heavy atom. The number of carbonyl (C=O) groups excluding carboxylic acids is 4. The second-order valence-corrected chi connectivity index (χ2v) is 7.22. The summed E-state index contributed by atoms with van der Waals surface area (Å²) >= 11 is 5.79. The Morgan fingerprint density at radius 1 is 1.03 bits per heavy atom. The molecule has 0 saturated carbocycles. The average molecular weight is 469 g/mol. The highest BCUT2D eigenvalue weighted by Crippen LogP contribution is 2.33. The Bertz CT molecular complexity index is 1050. The number of rotatable bonds is 7. The lowest BCUT2D eigenvalue weighted by Gasteiger charge is -2.13. The van der Waals surface area contributed by atoms with Crippen molar-refractivity contribution in [2.75, 3.05) is 18.5 Å². The minimum Gasteiger partial charge on any atom is -0.456 e. The molecule has 0 unspecified atom stereocenters. The van der Waals surface area contributed by atoms with Crippen molar-refractivity contribution < 1.29 is 37.1 Å². The highest BCUT2D eigenvalue weighted by molar-refractivity contribution is 6.33. The summed E-state index contributed by atoms with van der Waals surface area (Å²) in [4.78, 5) is 49.2. The third-order valence-corrected chi connectivity index (χ3v) is 4.90. The van der Waals surface area contributed by atoms with E-state index in [1.807, 2.05) is 0 Å². The number of esters is 1. The highest BCUT2D eigenvalue weighted by atomic mass is 35.5. The molecule has 1 heterocycles. The van der Waals surface area contributed by atoms with Crippen LogP contribution in [0.3, 0.4) is 0 Å². The van der Waals surface area contributed by atoms with Gasteiger partial charge in [0.05, 0.1) is 27.4 Å². The number of nitrogens with one attached hydrogen (secondary N) is 1. The van der Waals surface area contributed by atoms with Crippen LogP contribution in [0.15, 0.2) is 42.5 Å². The molecule has 3 amide bonds. The molecule has 32 heavy (non-hydrogen) atoms. The van der Waals surface area contributed by atoms with Gasteiger partial charge in [-0.3, -0.25) is 24.1 Å². The van der Waals surface area contributed by atoms with Gasteiger partial charge in [0.25, 0.3) is 17.7 Å². The first kappa shape index (κ1) is 23.3. The van der Waals surface area contributed by atoms with Gasteiger partial charge in [-0.1, -0.05) is 23.7 Å². The molecule has 0 atom stereocenters. The molecule has 1 aliphatic rings. The Labute approximate surface area is 185 Å². The number of amides is 3. The number of nitrogens with zero attached hydrogens (tertiary/aromatic N) is 1. The first-order valence-corrected chi connectivity index (χ1v) is 9.73. The summed E-state index contributed by atoms with van der Waals surface area (Å²) in [6.07, 6.45) is -4.67. The molecule has 0 aromatic heterocycles. The van der Waals surface area contributed by atoms with Gasteiger partial charge in [-0.2, -0.15) is 13.2 Å². The van der Waals surface area contributed by atoms with Crippen molar-refractivity contribution in [3.05, 3.63) is 64.2 Å². The monoisotopic (exact) mass is 468 g/mol. The number of anilines is 1. The van der Waals surface area contributed by atoms with Crippen LogP contribution in [0.1, 0.15) is 39.1 Å². The quantitative estimate of drug-likeness (QED) is 0.491. The molecule has 0 bridgehead atoms. The van der Waals surface area contributed by atoms with E-state index in [-0.39, 0.29) is 30.1 Å². The summed E-state index contributed by atoms with van der Waals surface area (Å²) in [5, 5.41) is 2.04. The van der Waals surface area contributed by atoms with Crippen molar-refractivity contribution in [3.8, 4) is 0 Å². The van der Waals surface area contributed by atoms with Crippen LogP contribution >= 0.6 is 11.6 Å². The number of hydrogen-bond donors (Lipinski definition) is 1. The van der Waals surface area contributed by atoms with Gasteiger partial charge >= 0.3 is 12.1 Å². The molecular weight excluding hydrogens is 453 g/mol. The van der Waals surface area contributed by atoms with Crippen molar-refractivity contribution >= 4 is 41.0 Å². The third-order valence-electron chi connectivity index (χ3n) is 4.57. The van der Waals surface area contributed by atoms with Crippen molar-refractivity contribution in [1.82, 2.24) is 4.90 Å². The van der Waals surface area contributed by atoms with E-state index in [1.54, 1.807) is 24.3 Å². The van der Waals surface area contributed by atoms with Crippen molar-refractivity contribution in [3.63, 3.8) is 0 Å². The van der Waals surface area contributed by atoms with Gasteiger partial charge in [0, 0.05) is 13.0 Å². The molecule has 1 N–H and O–H groups in total. The van der Waals surface area contributed by atoms with E-state index in [0.717, 1.165) is 17.0 Å². The summed E-state index contributed by atoms with van der Waals surface area (Å²) in [5.41, 5.74) is -0.675. The lowest BCUT2D eigenvalue weighted by atomic mass is 10.1. The van der Waals surface area contributed by atoms with Crippen LogP contribution in [0, 0.1) is 0 Å². The third kappa shape index (κ3) is 5.25. The normalized spacial score (nSPS) is 13.2. The van der Waals surface area contributed by atoms with Crippen LogP contribution in [0.5, 0.6) is 0 Å². The minimum atomic E-state index is -4.62.